The normalized spacial score (nSPS) is 14.1. The summed E-state index contributed by atoms with van der Waals surface area (Å²) in [7, 11) is -2.75. The van der Waals surface area contributed by atoms with Crippen LogP contribution in [-0.4, -0.2) is 75.6 Å². The van der Waals surface area contributed by atoms with E-state index in [1.54, 1.807) is 0 Å². The highest BCUT2D eigenvalue weighted by atomic mass is 32.2. The van der Waals surface area contributed by atoms with Gasteiger partial charge >= 0.3 is 17.1 Å². The maximum absolute atomic E-state index is 13.1. The summed E-state index contributed by atoms with van der Waals surface area (Å²) in [6.45, 7) is -3.62. The maximum atomic E-state index is 13.1. The average Bonchev–Trinajstić information content (AvgIpc) is 2.32. The number of aliphatic carboxylic acids is 1. The third-order valence-electron chi connectivity index (χ3n) is 2.73. The molecule has 0 aromatic rings. The van der Waals surface area contributed by atoms with Crippen LogP contribution in [0.1, 0.15) is 6.42 Å². The first-order valence-electron chi connectivity index (χ1n) is 6.03. The summed E-state index contributed by atoms with van der Waals surface area (Å²) in [5.41, 5.74) is 0. The van der Waals surface area contributed by atoms with E-state index >= 15 is 0 Å². The molecule has 0 aromatic carbocycles. The number of alkyl halides is 5. The van der Waals surface area contributed by atoms with Crippen LogP contribution in [0.25, 0.3) is 0 Å². The number of hydrogen-bond acceptors (Lipinski definition) is 3. The second-order valence-corrected chi connectivity index (χ2v) is 7.13. The molecule has 0 saturated carbocycles. The van der Waals surface area contributed by atoms with Crippen molar-refractivity contribution in [3.8, 4) is 0 Å². The standard InChI is InChI=1S/C10H17F5N2O4S/c1-17(2,6-8(18)19)5-3-4-16-22(20,21)10(14,15)9(12,13)7-11/h16H,3-7H2,1-2H3/p+1. The van der Waals surface area contributed by atoms with Gasteiger partial charge in [0.25, 0.3) is 10.0 Å². The topological polar surface area (TPSA) is 83.5 Å². The molecule has 6 nitrogen and oxygen atoms in total. The minimum absolute atomic E-state index is 0.0614. The van der Waals surface area contributed by atoms with Crippen molar-refractivity contribution in [2.45, 2.75) is 17.6 Å². The number of nitrogens with zero attached hydrogens (tertiary/aromatic N) is 1. The zero-order valence-electron chi connectivity index (χ0n) is 12.0. The fourth-order valence-corrected chi connectivity index (χ4v) is 2.57. The van der Waals surface area contributed by atoms with Gasteiger partial charge in [-0.3, -0.25) is 0 Å². The van der Waals surface area contributed by atoms with Crippen LogP contribution in [0.3, 0.4) is 0 Å². The fraction of sp³-hybridized carbons (Fsp3) is 0.900. The molecule has 12 heteroatoms. The van der Waals surface area contributed by atoms with Crippen molar-refractivity contribution >= 4 is 16.0 Å². The lowest BCUT2D eigenvalue weighted by Gasteiger charge is -2.28. The number of carbonyl (C=O) groups is 1. The lowest BCUT2D eigenvalue weighted by atomic mass is 10.3. The summed E-state index contributed by atoms with van der Waals surface area (Å²) >= 11 is 0. The Morgan fingerprint density at radius 1 is 1.23 bits per heavy atom. The minimum Gasteiger partial charge on any atom is -0.477 e. The molecule has 0 amide bonds. The molecule has 0 aliphatic heterocycles. The largest absolute Gasteiger partial charge is 0.477 e. The van der Waals surface area contributed by atoms with Gasteiger partial charge in [-0.1, -0.05) is 0 Å². The summed E-state index contributed by atoms with van der Waals surface area (Å²) in [6, 6.07) is 0. The molecule has 0 spiro atoms. The van der Waals surface area contributed by atoms with Crippen molar-refractivity contribution < 1.29 is 44.8 Å². The molecule has 0 aliphatic carbocycles. The number of nitrogens with one attached hydrogen (secondary N) is 1. The highest BCUT2D eigenvalue weighted by Gasteiger charge is 2.65. The monoisotopic (exact) mass is 357 g/mol. The smallest absolute Gasteiger partial charge is 0.423 e. The molecule has 0 aliphatic rings. The van der Waals surface area contributed by atoms with Crippen molar-refractivity contribution in [2.24, 2.45) is 0 Å². The van der Waals surface area contributed by atoms with Gasteiger partial charge in [-0.25, -0.2) is 22.3 Å². The third kappa shape index (κ3) is 5.32. The van der Waals surface area contributed by atoms with E-state index in [1.165, 1.54) is 18.8 Å². The van der Waals surface area contributed by atoms with E-state index in [4.69, 9.17) is 5.11 Å². The van der Waals surface area contributed by atoms with Gasteiger partial charge in [0.2, 0.25) is 0 Å². The van der Waals surface area contributed by atoms with Crippen molar-refractivity contribution in [3.63, 3.8) is 0 Å². The molecule has 0 unspecified atom stereocenters. The average molecular weight is 357 g/mol. The van der Waals surface area contributed by atoms with E-state index in [-0.39, 0.29) is 24.0 Å². The van der Waals surface area contributed by atoms with Gasteiger partial charge in [0, 0.05) is 13.0 Å². The van der Waals surface area contributed by atoms with Crippen molar-refractivity contribution in [1.29, 1.82) is 0 Å². The lowest BCUT2D eigenvalue weighted by molar-refractivity contribution is -0.883. The second kappa shape index (κ2) is 7.04. The molecule has 0 aromatic heterocycles. The van der Waals surface area contributed by atoms with E-state index in [2.05, 4.69) is 0 Å². The number of rotatable bonds is 10. The first-order chi connectivity index (χ1) is 9.68. The molecule has 0 rings (SSSR count). The second-order valence-electron chi connectivity index (χ2n) is 5.32. The van der Waals surface area contributed by atoms with Gasteiger partial charge in [0.1, 0.15) is 0 Å². The number of halogens is 5. The van der Waals surface area contributed by atoms with E-state index in [1.807, 2.05) is 0 Å². The molecular weight excluding hydrogens is 339 g/mol. The minimum atomic E-state index is -5.77. The summed E-state index contributed by atoms with van der Waals surface area (Å²) in [5, 5.41) is 3.03. The molecule has 2 N–H and O–H groups in total. The number of likely N-dealkylation sites (N-methyl/N-ethyl adjacent to an activating group) is 1. The van der Waals surface area contributed by atoms with E-state index < -0.39 is 40.4 Å². The predicted molar refractivity (Wildman–Crippen MR) is 66.9 cm³/mol. The zero-order chi connectivity index (χ0) is 17.8. The fourth-order valence-electron chi connectivity index (χ4n) is 1.52. The number of carboxylic acids is 1. The van der Waals surface area contributed by atoms with Gasteiger partial charge < -0.3 is 9.59 Å². The number of carboxylic acid groups (broad SMARTS) is 1. The first kappa shape index (κ1) is 21.0. The number of quaternary nitrogens is 1. The zero-order valence-corrected chi connectivity index (χ0v) is 12.8. The SMILES string of the molecule is C[N+](C)(CCCNS(=O)(=O)C(F)(F)C(F)(F)CF)CC(=O)O. The van der Waals surface area contributed by atoms with Crippen LogP contribution < -0.4 is 4.72 Å². The maximum Gasteiger partial charge on any atom is 0.423 e. The molecule has 132 valence electrons. The summed E-state index contributed by atoms with van der Waals surface area (Å²) in [6.07, 6.45) is -0.0726. The third-order valence-corrected chi connectivity index (χ3v) is 4.28. The van der Waals surface area contributed by atoms with Gasteiger partial charge in [-0.15, -0.1) is 0 Å². The first-order valence-corrected chi connectivity index (χ1v) is 7.51. The molecule has 0 atom stereocenters. The van der Waals surface area contributed by atoms with Crippen LogP contribution >= 0.6 is 0 Å². The van der Waals surface area contributed by atoms with Crippen molar-refractivity contribution in [2.75, 3.05) is 40.4 Å². The highest BCUT2D eigenvalue weighted by Crippen LogP contribution is 2.38. The van der Waals surface area contributed by atoms with Crippen LogP contribution in [0, 0.1) is 0 Å². The summed E-state index contributed by atoms with van der Waals surface area (Å²) in [4.78, 5) is 10.5. The Morgan fingerprint density at radius 2 is 1.73 bits per heavy atom. The number of sulfonamides is 1. The molecule has 0 radical (unpaired) electrons. The molecule has 0 saturated heterocycles. The summed E-state index contributed by atoms with van der Waals surface area (Å²) < 4.78 is 86.9. The van der Waals surface area contributed by atoms with Crippen molar-refractivity contribution in [3.05, 3.63) is 0 Å². The lowest BCUT2D eigenvalue weighted by Crippen LogP contribution is -2.53. The Hall–Kier alpha value is -1.01. The van der Waals surface area contributed by atoms with E-state index in [0.717, 1.165) is 0 Å². The Morgan fingerprint density at radius 3 is 2.14 bits per heavy atom. The van der Waals surface area contributed by atoms with Gasteiger partial charge in [0.05, 0.1) is 20.6 Å². The predicted octanol–water partition coefficient (Wildman–Crippen LogP) is 0.655. The number of hydrogen-bond donors (Lipinski definition) is 2. The molecule has 22 heavy (non-hydrogen) atoms. The van der Waals surface area contributed by atoms with Crippen LogP contribution in [-0.2, 0) is 14.8 Å². The molecule has 0 bridgehead atoms. The summed E-state index contributed by atoms with van der Waals surface area (Å²) in [5.74, 6) is -6.45. The quantitative estimate of drug-likeness (QED) is 0.342. The molecule has 0 heterocycles. The Labute approximate surface area is 124 Å². The van der Waals surface area contributed by atoms with Crippen molar-refractivity contribution in [1.82, 2.24) is 4.72 Å². The van der Waals surface area contributed by atoms with Gasteiger partial charge in [-0.05, 0) is 0 Å². The van der Waals surface area contributed by atoms with Crippen LogP contribution in [0.5, 0.6) is 0 Å². The molecular formula is C10H18F5N2O4S+. The van der Waals surface area contributed by atoms with Gasteiger partial charge in [-0.2, -0.15) is 17.6 Å². The Bertz CT molecular complexity index is 496. The van der Waals surface area contributed by atoms with Crippen LogP contribution in [0.2, 0.25) is 0 Å². The highest BCUT2D eigenvalue weighted by molar-refractivity contribution is 7.90. The van der Waals surface area contributed by atoms with Crippen LogP contribution in [0.15, 0.2) is 0 Å². The Kier molecular flexibility index (Phi) is 6.72. The van der Waals surface area contributed by atoms with E-state index in [9.17, 15) is 35.2 Å². The Balaban J connectivity index is 4.63. The van der Waals surface area contributed by atoms with Crippen LogP contribution in [0.4, 0.5) is 22.0 Å². The molecule has 0 fully saturated rings. The van der Waals surface area contributed by atoms with Gasteiger partial charge in [0.15, 0.2) is 13.2 Å². The van der Waals surface area contributed by atoms with E-state index in [0.29, 0.717) is 0 Å².